The van der Waals surface area contributed by atoms with Gasteiger partial charge in [0.1, 0.15) is 6.04 Å². The summed E-state index contributed by atoms with van der Waals surface area (Å²) >= 11 is 4.68. The van der Waals surface area contributed by atoms with E-state index in [9.17, 15) is 9.59 Å². The predicted molar refractivity (Wildman–Crippen MR) is 107 cm³/mol. The fourth-order valence-corrected chi connectivity index (χ4v) is 3.77. The molecule has 0 bridgehead atoms. The lowest BCUT2D eigenvalue weighted by molar-refractivity contribution is -0.147. The van der Waals surface area contributed by atoms with E-state index in [1.54, 1.807) is 23.3 Å². The van der Waals surface area contributed by atoms with Crippen molar-refractivity contribution in [3.63, 3.8) is 0 Å². The molecule has 0 saturated carbocycles. The topological polar surface area (TPSA) is 86.1 Å². The maximum Gasteiger partial charge on any atom is 0.330 e. The summed E-state index contributed by atoms with van der Waals surface area (Å²) in [5.41, 5.74) is 0.738. The normalized spacial score (nSPS) is 12.3. The zero-order valence-corrected chi connectivity index (χ0v) is 17.3. The number of hydrogen-bond acceptors (Lipinski definition) is 6. The number of aromatic nitrogens is 3. The summed E-state index contributed by atoms with van der Waals surface area (Å²) in [6, 6.07) is 4.79. The van der Waals surface area contributed by atoms with Crippen molar-refractivity contribution in [3.05, 3.63) is 46.4 Å². The van der Waals surface area contributed by atoms with Gasteiger partial charge in [0.05, 0.1) is 29.7 Å². The van der Waals surface area contributed by atoms with E-state index in [0.717, 1.165) is 14.7 Å². The third-order valence-corrected chi connectivity index (χ3v) is 5.16. The maximum atomic E-state index is 12.7. The van der Waals surface area contributed by atoms with Gasteiger partial charge in [-0.1, -0.05) is 29.8 Å². The van der Waals surface area contributed by atoms with Crippen molar-refractivity contribution in [1.82, 2.24) is 19.9 Å². The minimum atomic E-state index is -0.829. The van der Waals surface area contributed by atoms with Gasteiger partial charge in [0.25, 0.3) is 5.91 Å². The van der Waals surface area contributed by atoms with Gasteiger partial charge >= 0.3 is 5.97 Å². The lowest BCUT2D eigenvalue weighted by atomic mass is 10.2. The van der Waals surface area contributed by atoms with Gasteiger partial charge in [0.15, 0.2) is 5.01 Å². The van der Waals surface area contributed by atoms with Crippen molar-refractivity contribution >= 4 is 49.4 Å². The molecule has 1 amide bonds. The summed E-state index contributed by atoms with van der Waals surface area (Å²) in [5, 5.41) is 3.05. The summed E-state index contributed by atoms with van der Waals surface area (Å²) in [5.74, 6) is -0.671. The van der Waals surface area contributed by atoms with Crippen molar-refractivity contribution in [2.45, 2.75) is 26.4 Å². The number of rotatable bonds is 7. The number of esters is 1. The number of thiazole rings is 1. The van der Waals surface area contributed by atoms with E-state index in [4.69, 9.17) is 4.74 Å². The Kier molecular flexibility index (Phi) is 6.22. The molecule has 7 nitrogen and oxygen atoms in total. The third kappa shape index (κ3) is 5.14. The van der Waals surface area contributed by atoms with E-state index in [1.807, 2.05) is 32.0 Å². The fourth-order valence-electron chi connectivity index (χ4n) is 2.35. The average molecular weight is 451 g/mol. The van der Waals surface area contributed by atoms with Gasteiger partial charge in [-0.3, -0.25) is 4.79 Å². The Balaban J connectivity index is 1.76. The van der Waals surface area contributed by atoms with Crippen LogP contribution < -0.4 is 5.32 Å². The van der Waals surface area contributed by atoms with E-state index >= 15 is 0 Å². The SMILES string of the molecule is CC(C)COC(=O)[C@H](Cn1ccnc1)NC(=O)c1nc2ccc(Br)cc2s1. The van der Waals surface area contributed by atoms with Gasteiger partial charge in [0.2, 0.25) is 0 Å². The first kappa shape index (κ1) is 19.5. The van der Waals surface area contributed by atoms with Crippen molar-refractivity contribution < 1.29 is 14.3 Å². The molecule has 0 aliphatic heterocycles. The molecule has 0 radical (unpaired) electrons. The van der Waals surface area contributed by atoms with Crippen molar-refractivity contribution in [3.8, 4) is 0 Å². The highest BCUT2D eigenvalue weighted by Crippen LogP contribution is 2.25. The molecule has 3 rings (SSSR count). The highest BCUT2D eigenvalue weighted by Gasteiger charge is 2.25. The quantitative estimate of drug-likeness (QED) is 0.558. The van der Waals surface area contributed by atoms with Crippen LogP contribution in [-0.2, 0) is 16.1 Å². The van der Waals surface area contributed by atoms with Crippen LogP contribution in [0.3, 0.4) is 0 Å². The fraction of sp³-hybridized carbons (Fsp3) is 0.333. The van der Waals surface area contributed by atoms with Gasteiger partial charge in [-0.25, -0.2) is 14.8 Å². The van der Waals surface area contributed by atoms with E-state index in [0.29, 0.717) is 11.6 Å². The lowest BCUT2D eigenvalue weighted by Crippen LogP contribution is -2.44. The number of fused-ring (bicyclic) bond motifs is 1. The van der Waals surface area contributed by atoms with Gasteiger partial charge in [-0.15, -0.1) is 11.3 Å². The molecular formula is C18H19BrN4O3S. The Morgan fingerprint density at radius 3 is 2.89 bits per heavy atom. The van der Waals surface area contributed by atoms with Gasteiger partial charge in [0, 0.05) is 16.9 Å². The lowest BCUT2D eigenvalue weighted by Gasteiger charge is -2.18. The minimum absolute atomic E-state index is 0.209. The molecule has 9 heteroatoms. The van der Waals surface area contributed by atoms with Gasteiger partial charge < -0.3 is 14.6 Å². The van der Waals surface area contributed by atoms with Crippen molar-refractivity contribution in [2.75, 3.05) is 6.61 Å². The van der Waals surface area contributed by atoms with Crippen LogP contribution in [0.4, 0.5) is 0 Å². The number of imidazole rings is 1. The zero-order valence-electron chi connectivity index (χ0n) is 14.9. The monoisotopic (exact) mass is 450 g/mol. The number of carbonyl (C=O) groups is 2. The van der Waals surface area contributed by atoms with Gasteiger partial charge in [-0.2, -0.15) is 0 Å². The summed E-state index contributed by atoms with van der Waals surface area (Å²) in [6.45, 7) is 4.44. The second kappa shape index (κ2) is 8.62. The van der Waals surface area contributed by atoms with E-state index < -0.39 is 17.9 Å². The molecule has 0 unspecified atom stereocenters. The molecule has 0 spiro atoms. The molecule has 0 saturated heterocycles. The number of nitrogens with one attached hydrogen (secondary N) is 1. The molecule has 0 fully saturated rings. The molecular weight excluding hydrogens is 432 g/mol. The number of carbonyl (C=O) groups excluding carboxylic acids is 2. The number of benzene rings is 1. The van der Waals surface area contributed by atoms with Crippen molar-refractivity contribution in [1.29, 1.82) is 0 Å². The van der Waals surface area contributed by atoms with Gasteiger partial charge in [-0.05, 0) is 24.1 Å². The molecule has 0 aliphatic carbocycles. The van der Waals surface area contributed by atoms with E-state index in [-0.39, 0.29) is 12.5 Å². The molecule has 2 aromatic heterocycles. The second-order valence-corrected chi connectivity index (χ2v) is 8.39. The number of amides is 1. The molecule has 1 atom stereocenters. The predicted octanol–water partition coefficient (Wildman–Crippen LogP) is 3.25. The summed E-state index contributed by atoms with van der Waals surface area (Å²) in [6.07, 6.45) is 4.93. The van der Waals surface area contributed by atoms with Crippen LogP contribution in [0.25, 0.3) is 10.2 Å². The zero-order chi connectivity index (χ0) is 19.4. The number of nitrogens with zero attached hydrogens (tertiary/aromatic N) is 3. The minimum Gasteiger partial charge on any atom is -0.464 e. The van der Waals surface area contributed by atoms with Crippen LogP contribution in [0.5, 0.6) is 0 Å². The Hall–Kier alpha value is -2.26. The molecule has 1 N–H and O–H groups in total. The highest BCUT2D eigenvalue weighted by atomic mass is 79.9. The van der Waals surface area contributed by atoms with Crippen molar-refractivity contribution in [2.24, 2.45) is 5.92 Å². The Morgan fingerprint density at radius 2 is 2.19 bits per heavy atom. The van der Waals surface area contributed by atoms with E-state index in [2.05, 4.69) is 31.2 Å². The summed E-state index contributed by atoms with van der Waals surface area (Å²) < 4.78 is 8.84. The van der Waals surface area contributed by atoms with Crippen LogP contribution in [0.2, 0.25) is 0 Å². The molecule has 142 valence electrons. The standard InChI is InChI=1S/C18H19BrN4O3S/c1-11(2)9-26-18(25)14(8-23-6-5-20-10-23)21-16(24)17-22-13-4-3-12(19)7-15(13)27-17/h3-7,10-11,14H,8-9H2,1-2H3,(H,21,24)/t14-/m0/s1. The second-order valence-electron chi connectivity index (χ2n) is 6.44. The maximum absolute atomic E-state index is 12.7. The Bertz CT molecular complexity index is 939. The first-order chi connectivity index (χ1) is 12.9. The molecule has 1 aromatic carbocycles. The number of halogens is 1. The molecule has 27 heavy (non-hydrogen) atoms. The first-order valence-electron chi connectivity index (χ1n) is 8.41. The van der Waals surface area contributed by atoms with Crippen LogP contribution >= 0.6 is 27.3 Å². The van der Waals surface area contributed by atoms with Crippen LogP contribution in [-0.4, -0.2) is 39.1 Å². The smallest absolute Gasteiger partial charge is 0.330 e. The molecule has 3 aromatic rings. The molecule has 0 aliphatic rings. The third-order valence-electron chi connectivity index (χ3n) is 3.65. The average Bonchev–Trinajstić information content (AvgIpc) is 3.27. The Labute approximate surface area is 168 Å². The summed E-state index contributed by atoms with van der Waals surface area (Å²) in [4.78, 5) is 33.5. The van der Waals surface area contributed by atoms with Crippen LogP contribution in [0.15, 0.2) is 41.4 Å². The molecule has 2 heterocycles. The van der Waals surface area contributed by atoms with E-state index in [1.165, 1.54) is 11.3 Å². The number of hydrogen-bond donors (Lipinski definition) is 1. The summed E-state index contributed by atoms with van der Waals surface area (Å²) in [7, 11) is 0. The largest absolute Gasteiger partial charge is 0.464 e. The Morgan fingerprint density at radius 1 is 1.37 bits per heavy atom. The highest BCUT2D eigenvalue weighted by molar-refractivity contribution is 9.10. The van der Waals surface area contributed by atoms with Crippen LogP contribution in [0.1, 0.15) is 23.6 Å². The first-order valence-corrected chi connectivity index (χ1v) is 10.0. The van der Waals surface area contributed by atoms with Crippen LogP contribution in [0, 0.1) is 5.92 Å². The number of ether oxygens (including phenoxy) is 1.